The van der Waals surface area contributed by atoms with Crippen LogP contribution in [0.1, 0.15) is 46.9 Å². The monoisotopic (exact) mass is 324 g/mol. The summed E-state index contributed by atoms with van der Waals surface area (Å²) in [5, 5.41) is 4.71. The van der Waals surface area contributed by atoms with Crippen LogP contribution in [0.4, 0.5) is 0 Å². The van der Waals surface area contributed by atoms with E-state index in [0.717, 1.165) is 45.6 Å². The molecule has 1 aliphatic rings. The van der Waals surface area contributed by atoms with Crippen molar-refractivity contribution in [1.29, 1.82) is 0 Å². The third kappa shape index (κ3) is 2.70. The van der Waals surface area contributed by atoms with Crippen LogP contribution in [0.15, 0.2) is 30.5 Å². The third-order valence-electron chi connectivity index (χ3n) is 3.86. The average molecular weight is 324 g/mol. The summed E-state index contributed by atoms with van der Waals surface area (Å²) in [7, 11) is 0. The minimum atomic E-state index is 0.0782. The van der Waals surface area contributed by atoms with Gasteiger partial charge in [0, 0.05) is 17.8 Å². The molecular formula is C17H16N4OS. The first-order valence-corrected chi connectivity index (χ1v) is 8.44. The zero-order chi connectivity index (χ0) is 16.0. The van der Waals surface area contributed by atoms with Crippen LogP contribution < -0.4 is 0 Å². The fraction of sp³-hybridized carbons (Fsp3) is 0.294. The first-order chi connectivity index (χ1) is 11.1. The van der Waals surface area contributed by atoms with Crippen molar-refractivity contribution in [2.75, 3.05) is 0 Å². The molecular weight excluding hydrogens is 308 g/mol. The van der Waals surface area contributed by atoms with Crippen molar-refractivity contribution in [2.24, 2.45) is 0 Å². The molecule has 6 heteroatoms. The first-order valence-electron chi connectivity index (χ1n) is 7.63. The zero-order valence-corrected chi connectivity index (χ0v) is 13.8. The number of Topliss-reactive ketones (excluding diaryl/α,β-unsaturated/α-hetero) is 1. The molecule has 3 aromatic rings. The smallest absolute Gasteiger partial charge is 0.173 e. The quantitative estimate of drug-likeness (QED) is 0.685. The van der Waals surface area contributed by atoms with Gasteiger partial charge in [-0.1, -0.05) is 0 Å². The normalized spacial score (nSPS) is 14.2. The lowest BCUT2D eigenvalue weighted by atomic mass is 10.3. The molecule has 1 saturated carbocycles. The number of nitrogens with zero attached hydrogens (tertiary/aromatic N) is 4. The molecule has 1 aliphatic carbocycles. The van der Waals surface area contributed by atoms with Gasteiger partial charge in [0.1, 0.15) is 0 Å². The summed E-state index contributed by atoms with van der Waals surface area (Å²) in [4.78, 5) is 22.3. The number of aromatic nitrogens is 4. The van der Waals surface area contributed by atoms with Crippen LogP contribution in [-0.4, -0.2) is 25.5 Å². The van der Waals surface area contributed by atoms with E-state index in [1.807, 2.05) is 35.9 Å². The Balaban J connectivity index is 1.85. The predicted octanol–water partition coefficient (Wildman–Crippen LogP) is 3.78. The highest BCUT2D eigenvalue weighted by molar-refractivity contribution is 7.17. The van der Waals surface area contributed by atoms with E-state index < -0.39 is 0 Å². The van der Waals surface area contributed by atoms with Crippen LogP contribution in [0.5, 0.6) is 0 Å². The van der Waals surface area contributed by atoms with Gasteiger partial charge in [0.15, 0.2) is 17.4 Å². The van der Waals surface area contributed by atoms with Gasteiger partial charge in [0.2, 0.25) is 0 Å². The Morgan fingerprint density at radius 1 is 1.30 bits per heavy atom. The summed E-state index contributed by atoms with van der Waals surface area (Å²) in [5.41, 5.74) is 1.89. The van der Waals surface area contributed by atoms with Gasteiger partial charge in [-0.25, -0.2) is 9.67 Å². The Morgan fingerprint density at radius 3 is 2.78 bits per heavy atom. The number of ketones is 1. The number of carbonyl (C=O) groups is 1. The van der Waals surface area contributed by atoms with Gasteiger partial charge in [-0.05, 0) is 51.0 Å². The maximum absolute atomic E-state index is 11.6. The number of rotatable bonds is 4. The second-order valence-electron chi connectivity index (χ2n) is 5.86. The lowest BCUT2D eigenvalue weighted by Crippen LogP contribution is -2.00. The standard InChI is InChI=1S/C17H16N4OS/c1-10-9-13(7-8-18-10)21-17(19-16(20-21)12-3-4-12)15-6-5-14(23-15)11(2)22/h5-9,12H,3-4H2,1-2H3. The van der Waals surface area contributed by atoms with Crippen molar-refractivity contribution >= 4 is 17.1 Å². The van der Waals surface area contributed by atoms with Gasteiger partial charge in [-0.15, -0.1) is 11.3 Å². The van der Waals surface area contributed by atoms with Crippen LogP contribution in [0.25, 0.3) is 16.4 Å². The molecule has 116 valence electrons. The van der Waals surface area contributed by atoms with E-state index in [1.165, 1.54) is 11.3 Å². The first kappa shape index (κ1) is 14.3. The van der Waals surface area contributed by atoms with E-state index in [1.54, 1.807) is 13.1 Å². The van der Waals surface area contributed by atoms with Gasteiger partial charge < -0.3 is 0 Å². The van der Waals surface area contributed by atoms with E-state index in [9.17, 15) is 4.79 Å². The van der Waals surface area contributed by atoms with Crippen LogP contribution in [0.2, 0.25) is 0 Å². The summed E-state index contributed by atoms with van der Waals surface area (Å²) in [5.74, 6) is 2.25. The van der Waals surface area contributed by atoms with Gasteiger partial charge >= 0.3 is 0 Å². The van der Waals surface area contributed by atoms with Gasteiger partial charge in [-0.3, -0.25) is 9.78 Å². The van der Waals surface area contributed by atoms with Crippen LogP contribution in [0.3, 0.4) is 0 Å². The lowest BCUT2D eigenvalue weighted by Gasteiger charge is -2.04. The van der Waals surface area contributed by atoms with Crippen molar-refractivity contribution in [3.05, 3.63) is 46.9 Å². The summed E-state index contributed by atoms with van der Waals surface area (Å²) in [6.45, 7) is 3.54. The zero-order valence-electron chi connectivity index (χ0n) is 13.0. The molecule has 0 amide bonds. The Hall–Kier alpha value is -2.34. The largest absolute Gasteiger partial charge is 0.294 e. The molecule has 0 unspecified atom stereocenters. The summed E-state index contributed by atoms with van der Waals surface area (Å²) in [6.07, 6.45) is 4.09. The van der Waals surface area contributed by atoms with Crippen molar-refractivity contribution in [3.8, 4) is 16.4 Å². The summed E-state index contributed by atoms with van der Waals surface area (Å²) in [6, 6.07) is 7.73. The van der Waals surface area contributed by atoms with Crippen LogP contribution >= 0.6 is 11.3 Å². The molecule has 23 heavy (non-hydrogen) atoms. The number of aryl methyl sites for hydroxylation is 1. The molecule has 5 nitrogen and oxygen atoms in total. The fourth-order valence-corrected chi connectivity index (χ4v) is 3.37. The minimum Gasteiger partial charge on any atom is -0.294 e. The molecule has 0 radical (unpaired) electrons. The molecule has 0 spiro atoms. The molecule has 0 bridgehead atoms. The van der Waals surface area contributed by atoms with Crippen molar-refractivity contribution in [2.45, 2.75) is 32.6 Å². The summed E-state index contributed by atoms with van der Waals surface area (Å²) < 4.78 is 1.87. The molecule has 4 rings (SSSR count). The topological polar surface area (TPSA) is 60.7 Å². The van der Waals surface area contributed by atoms with Gasteiger partial charge in [-0.2, -0.15) is 5.10 Å². The molecule has 0 saturated heterocycles. The SMILES string of the molecule is CC(=O)c1ccc(-c2nc(C3CC3)nn2-c2ccnc(C)c2)s1. The van der Waals surface area contributed by atoms with Crippen LogP contribution in [-0.2, 0) is 0 Å². The van der Waals surface area contributed by atoms with Gasteiger partial charge in [0.05, 0.1) is 15.4 Å². The van der Waals surface area contributed by atoms with E-state index in [4.69, 9.17) is 10.1 Å². The Morgan fingerprint density at radius 2 is 2.13 bits per heavy atom. The number of hydrogen-bond acceptors (Lipinski definition) is 5. The molecule has 0 aromatic carbocycles. The average Bonchev–Trinajstić information content (AvgIpc) is 3.10. The highest BCUT2D eigenvalue weighted by Gasteiger charge is 2.30. The molecule has 0 atom stereocenters. The Kier molecular flexibility index (Phi) is 3.34. The molecule has 0 aliphatic heterocycles. The number of hydrogen-bond donors (Lipinski definition) is 0. The maximum atomic E-state index is 11.6. The Labute approximate surface area is 138 Å². The second kappa shape index (κ2) is 5.38. The predicted molar refractivity (Wildman–Crippen MR) is 89.2 cm³/mol. The Bertz CT molecular complexity index is 892. The van der Waals surface area contributed by atoms with E-state index in [-0.39, 0.29) is 5.78 Å². The number of pyridine rings is 1. The molecule has 0 N–H and O–H groups in total. The highest BCUT2D eigenvalue weighted by atomic mass is 32.1. The number of thiophene rings is 1. The van der Waals surface area contributed by atoms with Crippen molar-refractivity contribution in [1.82, 2.24) is 19.7 Å². The van der Waals surface area contributed by atoms with E-state index in [0.29, 0.717) is 5.92 Å². The highest BCUT2D eigenvalue weighted by Crippen LogP contribution is 2.40. The number of carbonyl (C=O) groups excluding carboxylic acids is 1. The molecule has 1 fully saturated rings. The fourth-order valence-electron chi connectivity index (χ4n) is 2.49. The van der Waals surface area contributed by atoms with E-state index >= 15 is 0 Å². The second-order valence-corrected chi connectivity index (χ2v) is 6.94. The van der Waals surface area contributed by atoms with Gasteiger partial charge in [0.25, 0.3) is 0 Å². The molecule has 3 heterocycles. The van der Waals surface area contributed by atoms with Crippen LogP contribution in [0, 0.1) is 6.92 Å². The lowest BCUT2D eigenvalue weighted by molar-refractivity contribution is 0.102. The summed E-state index contributed by atoms with van der Waals surface area (Å²) >= 11 is 1.46. The third-order valence-corrected chi connectivity index (χ3v) is 5.05. The van der Waals surface area contributed by atoms with Crippen molar-refractivity contribution < 1.29 is 4.79 Å². The van der Waals surface area contributed by atoms with E-state index in [2.05, 4.69) is 4.98 Å². The van der Waals surface area contributed by atoms with Crippen molar-refractivity contribution in [3.63, 3.8) is 0 Å². The minimum absolute atomic E-state index is 0.0782. The molecule has 3 aromatic heterocycles. The maximum Gasteiger partial charge on any atom is 0.173 e.